The molecule has 1 amide bonds. The largest absolute Gasteiger partial charge is 0.321 e. The predicted octanol–water partition coefficient (Wildman–Crippen LogP) is 3.43. The van der Waals surface area contributed by atoms with Crippen LogP contribution in [0.1, 0.15) is 27.3 Å². The van der Waals surface area contributed by atoms with Gasteiger partial charge < -0.3 is 5.32 Å². The topological polar surface area (TPSA) is 103 Å². The number of anilines is 1. The number of aromatic amines is 1. The Kier molecular flexibility index (Phi) is 4.45. The van der Waals surface area contributed by atoms with Crippen LogP contribution in [0.15, 0.2) is 59.4 Å². The van der Waals surface area contributed by atoms with Crippen LogP contribution in [0.3, 0.4) is 0 Å². The first-order valence-electron chi connectivity index (χ1n) is 8.99. The predicted molar refractivity (Wildman–Crippen MR) is 110 cm³/mol. The number of H-pyrrole nitrogens is 1. The number of aromatic nitrogens is 3. The molecule has 4 aromatic rings. The molecule has 142 valence electrons. The van der Waals surface area contributed by atoms with Crippen LogP contribution in [-0.4, -0.2) is 20.5 Å². The molecule has 2 aromatic carbocycles. The van der Waals surface area contributed by atoms with E-state index in [9.17, 15) is 14.9 Å². The lowest BCUT2D eigenvalue weighted by atomic mass is 10.1. The Balaban J connectivity index is 1.84. The molecule has 0 aliphatic rings. The lowest BCUT2D eigenvalue weighted by Crippen LogP contribution is -2.29. The normalized spacial score (nSPS) is 10.7. The maximum absolute atomic E-state index is 13.1. The van der Waals surface area contributed by atoms with Gasteiger partial charge in [0.15, 0.2) is 5.65 Å². The number of nitrogens with one attached hydrogen (secondary N) is 2. The van der Waals surface area contributed by atoms with Crippen molar-refractivity contribution < 1.29 is 4.79 Å². The lowest BCUT2D eigenvalue weighted by molar-refractivity contribution is 0.102. The van der Waals surface area contributed by atoms with Gasteiger partial charge in [0.25, 0.3) is 11.5 Å². The van der Waals surface area contributed by atoms with Gasteiger partial charge in [-0.15, -0.1) is 0 Å². The number of nitriles is 1. The van der Waals surface area contributed by atoms with Gasteiger partial charge in [0.1, 0.15) is 11.6 Å². The molecule has 0 bridgehead atoms. The third-order valence-corrected chi connectivity index (χ3v) is 4.73. The van der Waals surface area contributed by atoms with E-state index < -0.39 is 11.5 Å². The molecule has 4 rings (SSSR count). The van der Waals surface area contributed by atoms with Gasteiger partial charge in [-0.2, -0.15) is 5.26 Å². The van der Waals surface area contributed by atoms with Gasteiger partial charge in [0, 0.05) is 11.3 Å². The van der Waals surface area contributed by atoms with Crippen LogP contribution in [-0.2, 0) is 0 Å². The molecule has 0 fully saturated rings. The Hall–Kier alpha value is -4.18. The van der Waals surface area contributed by atoms with Gasteiger partial charge in [-0.1, -0.05) is 42.5 Å². The van der Waals surface area contributed by atoms with Crippen molar-refractivity contribution in [3.8, 4) is 17.2 Å². The zero-order chi connectivity index (χ0) is 20.5. The van der Waals surface area contributed by atoms with Crippen LogP contribution in [0, 0.1) is 25.2 Å². The van der Waals surface area contributed by atoms with Crippen LogP contribution in [0.5, 0.6) is 0 Å². The van der Waals surface area contributed by atoms with E-state index in [2.05, 4.69) is 15.4 Å². The molecule has 0 unspecified atom stereocenters. The molecular weight excluding hydrogens is 366 g/mol. The minimum atomic E-state index is -0.606. The summed E-state index contributed by atoms with van der Waals surface area (Å²) in [6.07, 6.45) is 0. The van der Waals surface area contributed by atoms with E-state index in [1.54, 1.807) is 31.2 Å². The summed E-state index contributed by atoms with van der Waals surface area (Å²) in [6.45, 7) is 3.48. The number of carbonyl (C=O) groups excluding carboxylic acids is 1. The number of carbonyl (C=O) groups is 1. The van der Waals surface area contributed by atoms with Crippen molar-refractivity contribution in [3.63, 3.8) is 0 Å². The molecule has 7 heteroatoms. The van der Waals surface area contributed by atoms with Crippen LogP contribution in [0.4, 0.5) is 5.69 Å². The van der Waals surface area contributed by atoms with Crippen molar-refractivity contribution in [1.82, 2.24) is 14.6 Å². The highest BCUT2D eigenvalue weighted by Crippen LogP contribution is 2.26. The van der Waals surface area contributed by atoms with Gasteiger partial charge in [-0.05, 0) is 31.5 Å². The number of benzene rings is 2. The van der Waals surface area contributed by atoms with E-state index in [1.807, 2.05) is 43.3 Å². The first-order valence-corrected chi connectivity index (χ1v) is 8.99. The van der Waals surface area contributed by atoms with Crippen molar-refractivity contribution in [2.24, 2.45) is 0 Å². The second-order valence-electron chi connectivity index (χ2n) is 6.63. The molecule has 29 heavy (non-hydrogen) atoms. The Morgan fingerprint density at radius 2 is 1.79 bits per heavy atom. The van der Waals surface area contributed by atoms with E-state index in [-0.39, 0.29) is 5.56 Å². The standard InChI is InChI=1S/C22H17N5O2/c1-13-19(21(28)25-17-11-7-6-10-16(17)12-23)22(29)27-20(24-13)18(14(2)26-27)15-8-4-3-5-9-15/h3-11,26H,1-2H3,(H,25,28). The van der Waals surface area contributed by atoms with Crippen LogP contribution in [0.2, 0.25) is 0 Å². The fraction of sp³-hybridized carbons (Fsp3) is 0.0909. The number of hydrogen-bond acceptors (Lipinski definition) is 4. The highest BCUT2D eigenvalue weighted by molar-refractivity contribution is 6.05. The minimum Gasteiger partial charge on any atom is -0.321 e. The van der Waals surface area contributed by atoms with E-state index in [1.165, 1.54) is 4.52 Å². The van der Waals surface area contributed by atoms with Gasteiger partial charge in [-0.3, -0.25) is 14.7 Å². The second-order valence-corrected chi connectivity index (χ2v) is 6.63. The molecule has 0 radical (unpaired) electrons. The van der Waals surface area contributed by atoms with Gasteiger partial charge >= 0.3 is 0 Å². The van der Waals surface area contributed by atoms with Crippen LogP contribution < -0.4 is 10.9 Å². The molecule has 0 saturated heterocycles. The maximum Gasteiger partial charge on any atom is 0.285 e. The van der Waals surface area contributed by atoms with Gasteiger partial charge in [-0.25, -0.2) is 9.50 Å². The number of nitrogens with zero attached hydrogens (tertiary/aromatic N) is 3. The van der Waals surface area contributed by atoms with Crippen molar-refractivity contribution in [3.05, 3.63) is 87.5 Å². The third-order valence-electron chi connectivity index (χ3n) is 4.73. The summed E-state index contributed by atoms with van der Waals surface area (Å²) in [4.78, 5) is 30.5. The fourth-order valence-electron chi connectivity index (χ4n) is 3.38. The average molecular weight is 383 g/mol. The molecule has 0 aliphatic carbocycles. The third kappa shape index (κ3) is 3.07. The lowest BCUT2D eigenvalue weighted by Gasteiger charge is -2.09. The Morgan fingerprint density at radius 3 is 2.52 bits per heavy atom. The Morgan fingerprint density at radius 1 is 1.10 bits per heavy atom. The number of para-hydroxylation sites is 1. The summed E-state index contributed by atoms with van der Waals surface area (Å²) in [5, 5.41) is 14.9. The summed E-state index contributed by atoms with van der Waals surface area (Å²) in [6, 6.07) is 18.3. The Bertz CT molecular complexity index is 1340. The van der Waals surface area contributed by atoms with Crippen LogP contribution in [0.25, 0.3) is 16.8 Å². The highest BCUT2D eigenvalue weighted by Gasteiger charge is 2.22. The Labute approximate surface area is 166 Å². The number of aryl methyl sites for hydroxylation is 2. The number of hydrogen-bond donors (Lipinski definition) is 2. The molecule has 0 saturated carbocycles. The summed E-state index contributed by atoms with van der Waals surface area (Å²) >= 11 is 0. The summed E-state index contributed by atoms with van der Waals surface area (Å²) in [5.41, 5.74) is 3.38. The van der Waals surface area contributed by atoms with E-state index in [0.717, 1.165) is 16.8 Å². The SMILES string of the molecule is Cc1nc2c(-c3ccccc3)c(C)[nH]n2c(=O)c1C(=O)Nc1ccccc1C#N. The smallest absolute Gasteiger partial charge is 0.285 e. The zero-order valence-electron chi connectivity index (χ0n) is 15.9. The highest BCUT2D eigenvalue weighted by atomic mass is 16.2. The fourth-order valence-corrected chi connectivity index (χ4v) is 3.38. The summed E-state index contributed by atoms with van der Waals surface area (Å²) < 4.78 is 1.29. The molecule has 0 spiro atoms. The van der Waals surface area contributed by atoms with Crippen molar-refractivity contribution >= 4 is 17.2 Å². The summed E-state index contributed by atoms with van der Waals surface area (Å²) in [7, 11) is 0. The van der Waals surface area contributed by atoms with Crippen LogP contribution >= 0.6 is 0 Å². The molecule has 2 heterocycles. The number of amides is 1. The van der Waals surface area contributed by atoms with Crippen molar-refractivity contribution in [2.45, 2.75) is 13.8 Å². The second kappa shape index (κ2) is 7.09. The molecular formula is C22H17N5O2. The molecule has 2 N–H and O–H groups in total. The monoisotopic (exact) mass is 383 g/mol. The quantitative estimate of drug-likeness (QED) is 0.566. The van der Waals surface area contributed by atoms with Gasteiger partial charge in [0.05, 0.1) is 16.9 Å². The molecule has 7 nitrogen and oxygen atoms in total. The van der Waals surface area contributed by atoms with Crippen molar-refractivity contribution in [1.29, 1.82) is 5.26 Å². The zero-order valence-corrected chi connectivity index (χ0v) is 15.9. The molecule has 2 aromatic heterocycles. The maximum atomic E-state index is 13.1. The number of fused-ring (bicyclic) bond motifs is 1. The van der Waals surface area contributed by atoms with E-state index in [4.69, 9.17) is 0 Å². The molecule has 0 aliphatic heterocycles. The number of rotatable bonds is 3. The van der Waals surface area contributed by atoms with Crippen molar-refractivity contribution in [2.75, 3.05) is 5.32 Å². The molecule has 0 atom stereocenters. The first-order chi connectivity index (χ1) is 14.0. The summed E-state index contributed by atoms with van der Waals surface area (Å²) in [5.74, 6) is -0.606. The minimum absolute atomic E-state index is 0.0731. The van der Waals surface area contributed by atoms with E-state index >= 15 is 0 Å². The van der Waals surface area contributed by atoms with Gasteiger partial charge in [0.2, 0.25) is 0 Å². The van der Waals surface area contributed by atoms with E-state index in [0.29, 0.717) is 22.6 Å². The average Bonchev–Trinajstić information content (AvgIpc) is 3.05. The first kappa shape index (κ1) is 18.2.